The molecule has 0 aromatic heterocycles. The maximum atomic E-state index is 6.53. The fourth-order valence-electron chi connectivity index (χ4n) is 2.29. The zero-order chi connectivity index (χ0) is 13.0. The summed E-state index contributed by atoms with van der Waals surface area (Å²) in [4.78, 5) is 0. The van der Waals surface area contributed by atoms with Gasteiger partial charge in [-0.3, -0.25) is 0 Å². The summed E-state index contributed by atoms with van der Waals surface area (Å²) < 4.78 is 16.0. The summed E-state index contributed by atoms with van der Waals surface area (Å²) in [5.74, 6) is 1.82. The first-order valence-electron chi connectivity index (χ1n) is 6.20. The minimum absolute atomic E-state index is 0.0369. The first-order chi connectivity index (χ1) is 8.76. The number of rotatable bonds is 4. The van der Waals surface area contributed by atoms with Crippen molar-refractivity contribution < 1.29 is 14.2 Å². The number of hydrogen-bond acceptors (Lipinski definition) is 3. The molecule has 0 spiro atoms. The maximum absolute atomic E-state index is 6.53. The zero-order valence-corrected chi connectivity index (χ0v) is 11.6. The summed E-state index contributed by atoms with van der Waals surface area (Å²) in [6.45, 7) is 1.59. The van der Waals surface area contributed by atoms with E-state index in [-0.39, 0.29) is 5.38 Å². The molecule has 1 saturated heterocycles. The maximum Gasteiger partial charge on any atom is 0.161 e. The molecule has 0 aliphatic carbocycles. The average molecular weight is 271 g/mol. The molecule has 0 N–H and O–H groups in total. The van der Waals surface area contributed by atoms with Gasteiger partial charge in [0, 0.05) is 12.5 Å². The summed E-state index contributed by atoms with van der Waals surface area (Å²) in [5, 5.41) is -0.0369. The minimum Gasteiger partial charge on any atom is -0.493 e. The molecule has 1 aromatic rings. The van der Waals surface area contributed by atoms with Crippen LogP contribution in [-0.4, -0.2) is 27.4 Å². The molecule has 1 aliphatic heterocycles. The molecule has 3 nitrogen and oxygen atoms in total. The number of halogens is 1. The van der Waals surface area contributed by atoms with E-state index in [1.165, 1.54) is 0 Å². The van der Waals surface area contributed by atoms with Crippen molar-refractivity contribution in [2.45, 2.75) is 18.2 Å². The highest BCUT2D eigenvalue weighted by molar-refractivity contribution is 6.21. The van der Waals surface area contributed by atoms with Crippen LogP contribution in [-0.2, 0) is 4.74 Å². The molecule has 0 amide bonds. The Hall–Kier alpha value is -0.930. The van der Waals surface area contributed by atoms with E-state index < -0.39 is 0 Å². The van der Waals surface area contributed by atoms with Gasteiger partial charge in [0.2, 0.25) is 0 Å². The number of benzene rings is 1. The number of hydrogen-bond donors (Lipinski definition) is 0. The molecule has 2 unspecified atom stereocenters. The van der Waals surface area contributed by atoms with E-state index in [1.807, 2.05) is 18.2 Å². The van der Waals surface area contributed by atoms with Gasteiger partial charge in [-0.25, -0.2) is 0 Å². The van der Waals surface area contributed by atoms with E-state index in [0.29, 0.717) is 5.92 Å². The summed E-state index contributed by atoms with van der Waals surface area (Å²) in [5.41, 5.74) is 1.06. The largest absolute Gasteiger partial charge is 0.493 e. The standard InChI is InChI=1S/C14H19ClO3/c1-16-12-6-5-10(8-13(12)17-2)14(15)11-4-3-7-18-9-11/h5-6,8,11,14H,3-4,7,9H2,1-2H3. The van der Waals surface area contributed by atoms with Crippen molar-refractivity contribution >= 4 is 11.6 Å². The van der Waals surface area contributed by atoms with Crippen molar-refractivity contribution in [2.24, 2.45) is 5.92 Å². The van der Waals surface area contributed by atoms with Crippen LogP contribution >= 0.6 is 11.6 Å². The molecule has 1 aromatic carbocycles. The van der Waals surface area contributed by atoms with Gasteiger partial charge in [0.15, 0.2) is 11.5 Å². The van der Waals surface area contributed by atoms with E-state index in [1.54, 1.807) is 14.2 Å². The topological polar surface area (TPSA) is 27.7 Å². The monoisotopic (exact) mass is 270 g/mol. The smallest absolute Gasteiger partial charge is 0.161 e. The predicted molar refractivity (Wildman–Crippen MR) is 71.7 cm³/mol. The van der Waals surface area contributed by atoms with Crippen LogP contribution in [0, 0.1) is 5.92 Å². The fourth-order valence-corrected chi connectivity index (χ4v) is 2.63. The highest BCUT2D eigenvalue weighted by Crippen LogP contribution is 2.38. The van der Waals surface area contributed by atoms with Crippen LogP contribution in [0.2, 0.25) is 0 Å². The lowest BCUT2D eigenvalue weighted by Gasteiger charge is -2.26. The Labute approximate surface area is 113 Å². The van der Waals surface area contributed by atoms with Crippen molar-refractivity contribution in [1.29, 1.82) is 0 Å². The summed E-state index contributed by atoms with van der Waals surface area (Å²) in [6.07, 6.45) is 2.20. The molecule has 2 rings (SSSR count). The van der Waals surface area contributed by atoms with E-state index in [2.05, 4.69) is 0 Å². The third-order valence-corrected chi connectivity index (χ3v) is 3.94. The minimum atomic E-state index is -0.0369. The SMILES string of the molecule is COc1ccc(C(Cl)C2CCCOC2)cc1OC. The first-order valence-corrected chi connectivity index (χ1v) is 6.63. The third-order valence-electron chi connectivity index (χ3n) is 3.34. The molecule has 0 saturated carbocycles. The van der Waals surface area contributed by atoms with Crippen LogP contribution in [0.3, 0.4) is 0 Å². The Morgan fingerprint density at radius 3 is 2.67 bits per heavy atom. The molecule has 0 bridgehead atoms. The normalized spacial score (nSPS) is 21.4. The van der Waals surface area contributed by atoms with Crippen LogP contribution < -0.4 is 9.47 Å². The average Bonchev–Trinajstić information content (AvgIpc) is 2.46. The molecular formula is C14H19ClO3. The van der Waals surface area contributed by atoms with Gasteiger partial charge < -0.3 is 14.2 Å². The van der Waals surface area contributed by atoms with Crippen molar-refractivity contribution in [3.63, 3.8) is 0 Å². The Morgan fingerprint density at radius 2 is 2.06 bits per heavy atom. The zero-order valence-electron chi connectivity index (χ0n) is 10.8. The highest BCUT2D eigenvalue weighted by Gasteiger charge is 2.24. The molecule has 18 heavy (non-hydrogen) atoms. The van der Waals surface area contributed by atoms with E-state index in [0.717, 1.165) is 43.1 Å². The van der Waals surface area contributed by atoms with Crippen molar-refractivity contribution in [1.82, 2.24) is 0 Å². The quantitative estimate of drug-likeness (QED) is 0.785. The van der Waals surface area contributed by atoms with Crippen molar-refractivity contribution in [2.75, 3.05) is 27.4 Å². The van der Waals surface area contributed by atoms with Gasteiger partial charge in [-0.05, 0) is 30.5 Å². The lowest BCUT2D eigenvalue weighted by molar-refractivity contribution is 0.0531. The Bertz CT molecular complexity index is 389. The second kappa shape index (κ2) is 6.30. The van der Waals surface area contributed by atoms with Gasteiger partial charge in [0.25, 0.3) is 0 Å². The van der Waals surface area contributed by atoms with E-state index in [9.17, 15) is 0 Å². The van der Waals surface area contributed by atoms with Gasteiger partial charge in [0.05, 0.1) is 26.2 Å². The lowest BCUT2D eigenvalue weighted by Crippen LogP contribution is -2.21. The first kappa shape index (κ1) is 13.5. The third kappa shape index (κ3) is 2.90. The molecule has 0 radical (unpaired) electrons. The summed E-state index contributed by atoms with van der Waals surface area (Å²) >= 11 is 6.53. The molecular weight excluding hydrogens is 252 g/mol. The molecule has 100 valence electrons. The number of ether oxygens (including phenoxy) is 3. The second-order valence-corrected chi connectivity index (χ2v) is 4.96. The van der Waals surface area contributed by atoms with Gasteiger partial charge in [-0.1, -0.05) is 6.07 Å². The van der Waals surface area contributed by atoms with Crippen LogP contribution in [0.5, 0.6) is 11.5 Å². The Balaban J connectivity index is 2.16. The molecule has 1 aliphatic rings. The second-order valence-electron chi connectivity index (χ2n) is 4.49. The predicted octanol–water partition coefficient (Wildman–Crippen LogP) is 3.41. The van der Waals surface area contributed by atoms with Crippen LogP contribution in [0.15, 0.2) is 18.2 Å². The van der Waals surface area contributed by atoms with Gasteiger partial charge in [-0.2, -0.15) is 0 Å². The number of alkyl halides is 1. The van der Waals surface area contributed by atoms with Crippen molar-refractivity contribution in [3.05, 3.63) is 23.8 Å². The molecule has 1 fully saturated rings. The molecule has 2 atom stereocenters. The van der Waals surface area contributed by atoms with Gasteiger partial charge in [-0.15, -0.1) is 11.6 Å². The lowest BCUT2D eigenvalue weighted by atomic mass is 9.93. The molecule has 4 heteroatoms. The van der Waals surface area contributed by atoms with Crippen LogP contribution in [0.25, 0.3) is 0 Å². The Kier molecular flexibility index (Phi) is 4.72. The van der Waals surface area contributed by atoms with E-state index in [4.69, 9.17) is 25.8 Å². The molecule has 1 heterocycles. The summed E-state index contributed by atoms with van der Waals surface area (Å²) in [7, 11) is 3.26. The van der Waals surface area contributed by atoms with Crippen molar-refractivity contribution in [3.8, 4) is 11.5 Å². The van der Waals surface area contributed by atoms with E-state index >= 15 is 0 Å². The van der Waals surface area contributed by atoms with Crippen LogP contribution in [0.4, 0.5) is 0 Å². The fraction of sp³-hybridized carbons (Fsp3) is 0.571. The van der Waals surface area contributed by atoms with Gasteiger partial charge in [0.1, 0.15) is 0 Å². The number of methoxy groups -OCH3 is 2. The summed E-state index contributed by atoms with van der Waals surface area (Å²) in [6, 6.07) is 5.84. The Morgan fingerprint density at radius 1 is 1.28 bits per heavy atom. The highest BCUT2D eigenvalue weighted by atomic mass is 35.5. The van der Waals surface area contributed by atoms with Gasteiger partial charge >= 0.3 is 0 Å². The van der Waals surface area contributed by atoms with Crippen LogP contribution in [0.1, 0.15) is 23.8 Å².